The standard InChI is InChI=1S/C18H24N2OS.ClH/c1-18(2,12-19)13-20(3)17(21)11-22-16-9-8-14-6-4-5-7-15(14)10-16;/h4-10H,11-13,19H2,1-3H3;1H. The highest BCUT2D eigenvalue weighted by atomic mass is 35.5. The number of nitrogens with two attached hydrogens (primary N) is 1. The molecule has 0 bridgehead atoms. The van der Waals surface area contributed by atoms with Crippen LogP contribution in [0, 0.1) is 5.41 Å². The molecule has 0 heterocycles. The molecule has 2 rings (SSSR count). The summed E-state index contributed by atoms with van der Waals surface area (Å²) in [5.74, 6) is 0.592. The zero-order chi connectivity index (χ0) is 16.2. The number of nitrogens with zero attached hydrogens (tertiary/aromatic N) is 1. The smallest absolute Gasteiger partial charge is 0.232 e. The van der Waals surface area contributed by atoms with Gasteiger partial charge in [-0.05, 0) is 34.9 Å². The lowest BCUT2D eigenvalue weighted by molar-refractivity contribution is -0.128. The van der Waals surface area contributed by atoms with E-state index in [1.54, 1.807) is 16.7 Å². The number of benzene rings is 2. The first kappa shape index (κ1) is 19.8. The maximum absolute atomic E-state index is 12.2. The van der Waals surface area contributed by atoms with Crippen molar-refractivity contribution in [2.45, 2.75) is 18.7 Å². The van der Waals surface area contributed by atoms with Gasteiger partial charge in [-0.2, -0.15) is 0 Å². The minimum atomic E-state index is -0.0436. The van der Waals surface area contributed by atoms with Crippen LogP contribution < -0.4 is 5.73 Å². The van der Waals surface area contributed by atoms with Gasteiger partial charge in [-0.3, -0.25) is 4.79 Å². The molecule has 0 unspecified atom stereocenters. The van der Waals surface area contributed by atoms with Crippen molar-refractivity contribution in [2.75, 3.05) is 25.9 Å². The summed E-state index contributed by atoms with van der Waals surface area (Å²) in [6.07, 6.45) is 0. The molecule has 0 aliphatic rings. The van der Waals surface area contributed by atoms with Crippen LogP contribution in [0.4, 0.5) is 0 Å². The molecule has 0 atom stereocenters. The molecule has 0 aliphatic heterocycles. The van der Waals surface area contributed by atoms with Crippen LogP contribution in [0.1, 0.15) is 13.8 Å². The molecule has 126 valence electrons. The van der Waals surface area contributed by atoms with Crippen LogP contribution in [0.25, 0.3) is 10.8 Å². The SMILES string of the molecule is CN(CC(C)(C)CN)C(=O)CSc1ccc2ccccc2c1.Cl. The topological polar surface area (TPSA) is 46.3 Å². The summed E-state index contributed by atoms with van der Waals surface area (Å²) < 4.78 is 0. The number of carbonyl (C=O) groups excluding carboxylic acids is 1. The summed E-state index contributed by atoms with van der Waals surface area (Å²) in [6, 6.07) is 14.6. The quantitative estimate of drug-likeness (QED) is 0.804. The maximum Gasteiger partial charge on any atom is 0.232 e. The average Bonchev–Trinajstić information content (AvgIpc) is 2.52. The second-order valence-electron chi connectivity index (χ2n) is 6.42. The Morgan fingerprint density at radius 1 is 1.17 bits per heavy atom. The minimum absolute atomic E-state index is 0. The van der Waals surface area contributed by atoms with Crippen LogP contribution in [-0.4, -0.2) is 36.7 Å². The third-order valence-electron chi connectivity index (χ3n) is 3.73. The zero-order valence-corrected chi connectivity index (χ0v) is 15.5. The predicted molar refractivity (Wildman–Crippen MR) is 102 cm³/mol. The van der Waals surface area contributed by atoms with Crippen molar-refractivity contribution in [3.05, 3.63) is 42.5 Å². The summed E-state index contributed by atoms with van der Waals surface area (Å²) in [4.78, 5) is 15.1. The van der Waals surface area contributed by atoms with Gasteiger partial charge in [0.25, 0.3) is 0 Å². The molecule has 23 heavy (non-hydrogen) atoms. The van der Waals surface area contributed by atoms with E-state index in [9.17, 15) is 4.79 Å². The first-order valence-electron chi connectivity index (χ1n) is 7.47. The van der Waals surface area contributed by atoms with Gasteiger partial charge in [-0.15, -0.1) is 24.2 Å². The van der Waals surface area contributed by atoms with Crippen LogP contribution in [-0.2, 0) is 4.79 Å². The Labute approximate surface area is 149 Å². The minimum Gasteiger partial charge on any atom is -0.344 e. The number of fused-ring (bicyclic) bond motifs is 1. The molecule has 0 fully saturated rings. The monoisotopic (exact) mass is 352 g/mol. The zero-order valence-electron chi connectivity index (χ0n) is 13.9. The molecule has 3 nitrogen and oxygen atoms in total. The molecular formula is C18H25ClN2OS. The van der Waals surface area contributed by atoms with Gasteiger partial charge in [-0.25, -0.2) is 0 Å². The lowest BCUT2D eigenvalue weighted by Crippen LogP contribution is -2.40. The Morgan fingerprint density at radius 2 is 1.83 bits per heavy atom. The van der Waals surface area contributed by atoms with Gasteiger partial charge in [0.15, 0.2) is 0 Å². The van der Waals surface area contributed by atoms with E-state index in [-0.39, 0.29) is 23.7 Å². The molecule has 1 amide bonds. The highest BCUT2D eigenvalue weighted by molar-refractivity contribution is 8.00. The Hall–Kier alpha value is -1.23. The molecule has 0 saturated heterocycles. The van der Waals surface area contributed by atoms with Crippen molar-refractivity contribution in [3.8, 4) is 0 Å². The fourth-order valence-electron chi connectivity index (χ4n) is 2.31. The van der Waals surface area contributed by atoms with Crippen molar-refractivity contribution in [1.82, 2.24) is 4.90 Å². The lowest BCUT2D eigenvalue weighted by atomic mass is 9.93. The van der Waals surface area contributed by atoms with Crippen LogP contribution in [0.3, 0.4) is 0 Å². The first-order valence-corrected chi connectivity index (χ1v) is 8.45. The third kappa shape index (κ3) is 5.72. The highest BCUT2D eigenvalue weighted by Gasteiger charge is 2.21. The van der Waals surface area contributed by atoms with Gasteiger partial charge < -0.3 is 10.6 Å². The third-order valence-corrected chi connectivity index (χ3v) is 4.71. The van der Waals surface area contributed by atoms with E-state index in [1.807, 2.05) is 19.2 Å². The number of amides is 1. The van der Waals surface area contributed by atoms with Crippen LogP contribution >= 0.6 is 24.2 Å². The van der Waals surface area contributed by atoms with Crippen molar-refractivity contribution in [3.63, 3.8) is 0 Å². The Bertz CT molecular complexity index is 660. The lowest BCUT2D eigenvalue weighted by Gasteiger charge is -2.29. The van der Waals surface area contributed by atoms with Crippen LogP contribution in [0.15, 0.2) is 47.4 Å². The fraction of sp³-hybridized carbons (Fsp3) is 0.389. The fourth-order valence-corrected chi connectivity index (χ4v) is 3.19. The van der Waals surface area contributed by atoms with Crippen molar-refractivity contribution in [2.24, 2.45) is 11.1 Å². The molecule has 2 aromatic carbocycles. The van der Waals surface area contributed by atoms with Gasteiger partial charge in [0, 0.05) is 18.5 Å². The highest BCUT2D eigenvalue weighted by Crippen LogP contribution is 2.24. The van der Waals surface area contributed by atoms with Gasteiger partial charge in [0.1, 0.15) is 0 Å². The van der Waals surface area contributed by atoms with Crippen LogP contribution in [0.2, 0.25) is 0 Å². The molecule has 0 spiro atoms. The van der Waals surface area contributed by atoms with Gasteiger partial charge >= 0.3 is 0 Å². The number of thioether (sulfide) groups is 1. The van der Waals surface area contributed by atoms with Crippen LogP contribution in [0.5, 0.6) is 0 Å². The maximum atomic E-state index is 12.2. The summed E-state index contributed by atoms with van der Waals surface area (Å²) in [7, 11) is 1.85. The van der Waals surface area contributed by atoms with E-state index >= 15 is 0 Å². The van der Waals surface area contributed by atoms with E-state index in [2.05, 4.69) is 44.2 Å². The summed E-state index contributed by atoms with van der Waals surface area (Å²) in [5.41, 5.74) is 5.69. The van der Waals surface area contributed by atoms with Crippen molar-refractivity contribution < 1.29 is 4.79 Å². The molecule has 0 saturated carbocycles. The average molecular weight is 353 g/mol. The van der Waals surface area contributed by atoms with Crippen molar-refractivity contribution in [1.29, 1.82) is 0 Å². The Morgan fingerprint density at radius 3 is 2.48 bits per heavy atom. The summed E-state index contributed by atoms with van der Waals surface area (Å²) in [5, 5.41) is 2.43. The van der Waals surface area contributed by atoms with E-state index in [1.165, 1.54) is 10.8 Å². The summed E-state index contributed by atoms with van der Waals surface area (Å²) in [6.45, 7) is 5.41. The molecule has 0 aliphatic carbocycles. The van der Waals surface area contributed by atoms with E-state index in [0.717, 1.165) is 4.90 Å². The van der Waals surface area contributed by atoms with Gasteiger partial charge in [0.2, 0.25) is 5.91 Å². The number of rotatable bonds is 6. The largest absolute Gasteiger partial charge is 0.344 e. The van der Waals surface area contributed by atoms with E-state index in [0.29, 0.717) is 18.8 Å². The number of carbonyl (C=O) groups is 1. The first-order chi connectivity index (χ1) is 10.4. The molecule has 0 aromatic heterocycles. The molecule has 0 radical (unpaired) electrons. The van der Waals surface area contributed by atoms with E-state index < -0.39 is 0 Å². The molecule has 5 heteroatoms. The number of halogens is 1. The predicted octanol–water partition coefficient (Wildman–Crippen LogP) is 3.80. The molecular weight excluding hydrogens is 328 g/mol. The Balaban J connectivity index is 0.00000264. The molecule has 2 N–H and O–H groups in total. The molecule has 2 aromatic rings. The second-order valence-corrected chi connectivity index (χ2v) is 7.46. The number of hydrogen-bond donors (Lipinski definition) is 1. The number of hydrogen-bond acceptors (Lipinski definition) is 3. The second kappa shape index (κ2) is 8.57. The van der Waals surface area contributed by atoms with E-state index in [4.69, 9.17) is 5.73 Å². The normalized spacial score (nSPS) is 11.1. The van der Waals surface area contributed by atoms with Gasteiger partial charge in [-0.1, -0.05) is 44.2 Å². The van der Waals surface area contributed by atoms with Gasteiger partial charge in [0.05, 0.1) is 5.75 Å². The Kier molecular flexibility index (Phi) is 7.39. The summed E-state index contributed by atoms with van der Waals surface area (Å²) >= 11 is 1.58. The van der Waals surface area contributed by atoms with Crippen molar-refractivity contribution >= 4 is 40.8 Å².